The third kappa shape index (κ3) is 2.45. The Morgan fingerprint density at radius 1 is 1.39 bits per heavy atom. The Hall–Kier alpha value is -0.120. The Labute approximate surface area is 112 Å². The van der Waals surface area contributed by atoms with Crippen molar-refractivity contribution in [2.24, 2.45) is 17.1 Å². The third-order valence-corrected chi connectivity index (χ3v) is 5.14. The molecule has 1 aliphatic heterocycles. The maximum absolute atomic E-state index is 6.22. The lowest BCUT2D eigenvalue weighted by atomic mass is 9.84. The van der Waals surface area contributed by atoms with Gasteiger partial charge in [0.05, 0.1) is 12.7 Å². The number of morpholine rings is 1. The molecule has 106 valence electrons. The van der Waals surface area contributed by atoms with Crippen LogP contribution in [0.15, 0.2) is 0 Å². The molecule has 2 aliphatic rings. The van der Waals surface area contributed by atoms with Gasteiger partial charge < -0.3 is 10.5 Å². The van der Waals surface area contributed by atoms with E-state index in [0.29, 0.717) is 17.4 Å². The van der Waals surface area contributed by atoms with Crippen LogP contribution in [0.5, 0.6) is 0 Å². The minimum absolute atomic E-state index is 0.209. The molecule has 0 aromatic heterocycles. The minimum atomic E-state index is 0.209. The van der Waals surface area contributed by atoms with Crippen molar-refractivity contribution in [1.82, 2.24) is 4.90 Å². The van der Waals surface area contributed by atoms with Gasteiger partial charge in [0.25, 0.3) is 0 Å². The van der Waals surface area contributed by atoms with Crippen molar-refractivity contribution >= 4 is 0 Å². The molecule has 1 heterocycles. The van der Waals surface area contributed by atoms with Gasteiger partial charge in [0.15, 0.2) is 0 Å². The normalized spacial score (nSPS) is 41.2. The average Bonchev–Trinajstić information content (AvgIpc) is 2.59. The third-order valence-electron chi connectivity index (χ3n) is 5.14. The number of hydrogen-bond donors (Lipinski definition) is 1. The minimum Gasteiger partial charge on any atom is -0.376 e. The standard InChI is InChI=1S/C15H30N2O/c1-5-13-9-17(6-7-18-13)15(11-16)10-14(3,4)8-12(15)2/h12-13H,5-11,16H2,1-4H3. The van der Waals surface area contributed by atoms with Gasteiger partial charge in [-0.3, -0.25) is 4.90 Å². The molecule has 1 saturated carbocycles. The van der Waals surface area contributed by atoms with Crippen LogP contribution >= 0.6 is 0 Å². The highest BCUT2D eigenvalue weighted by atomic mass is 16.5. The summed E-state index contributed by atoms with van der Waals surface area (Å²) >= 11 is 0. The SMILES string of the molecule is CCC1CN(C2(CN)CC(C)(C)CC2C)CCO1. The molecule has 1 saturated heterocycles. The second-order valence-corrected chi connectivity index (χ2v) is 7.10. The first kappa shape index (κ1) is 14.3. The molecule has 3 nitrogen and oxygen atoms in total. The van der Waals surface area contributed by atoms with Gasteiger partial charge in [0, 0.05) is 25.2 Å². The van der Waals surface area contributed by atoms with Gasteiger partial charge in [-0.15, -0.1) is 0 Å². The van der Waals surface area contributed by atoms with Crippen molar-refractivity contribution in [3.05, 3.63) is 0 Å². The topological polar surface area (TPSA) is 38.5 Å². The molecule has 1 aliphatic carbocycles. The highest BCUT2D eigenvalue weighted by Gasteiger charge is 2.51. The maximum Gasteiger partial charge on any atom is 0.0700 e. The largest absolute Gasteiger partial charge is 0.376 e. The van der Waals surface area contributed by atoms with Crippen LogP contribution in [0.3, 0.4) is 0 Å². The Morgan fingerprint density at radius 3 is 2.61 bits per heavy atom. The van der Waals surface area contributed by atoms with E-state index in [9.17, 15) is 0 Å². The molecule has 0 aromatic carbocycles. The summed E-state index contributed by atoms with van der Waals surface area (Å²) in [6.45, 7) is 13.1. The summed E-state index contributed by atoms with van der Waals surface area (Å²) < 4.78 is 5.81. The molecule has 18 heavy (non-hydrogen) atoms. The zero-order chi connectivity index (χ0) is 13.4. The summed E-state index contributed by atoms with van der Waals surface area (Å²) in [5.74, 6) is 0.688. The van der Waals surface area contributed by atoms with E-state index >= 15 is 0 Å². The lowest BCUT2D eigenvalue weighted by Gasteiger charge is -2.48. The van der Waals surface area contributed by atoms with E-state index in [4.69, 9.17) is 10.5 Å². The first-order valence-corrected chi connectivity index (χ1v) is 7.50. The van der Waals surface area contributed by atoms with Crippen LogP contribution in [0.4, 0.5) is 0 Å². The Balaban J connectivity index is 2.17. The quantitative estimate of drug-likeness (QED) is 0.839. The molecule has 3 heteroatoms. The lowest BCUT2D eigenvalue weighted by Crippen LogP contribution is -2.60. The fourth-order valence-electron chi connectivity index (χ4n) is 4.29. The maximum atomic E-state index is 6.22. The van der Waals surface area contributed by atoms with Crippen LogP contribution in [0.2, 0.25) is 0 Å². The molecule has 0 spiro atoms. The molecule has 2 fully saturated rings. The first-order valence-electron chi connectivity index (χ1n) is 7.50. The van der Waals surface area contributed by atoms with Gasteiger partial charge in [-0.25, -0.2) is 0 Å². The van der Waals surface area contributed by atoms with Crippen molar-refractivity contribution in [1.29, 1.82) is 0 Å². The lowest BCUT2D eigenvalue weighted by molar-refractivity contribution is -0.0787. The van der Waals surface area contributed by atoms with E-state index in [2.05, 4.69) is 32.6 Å². The summed E-state index contributed by atoms with van der Waals surface area (Å²) in [5, 5.41) is 0. The Bertz CT molecular complexity index is 292. The van der Waals surface area contributed by atoms with Crippen molar-refractivity contribution in [3.8, 4) is 0 Å². The second kappa shape index (κ2) is 5.10. The number of hydrogen-bond acceptors (Lipinski definition) is 3. The number of ether oxygens (including phenoxy) is 1. The highest BCUT2D eigenvalue weighted by molar-refractivity contribution is 5.06. The van der Waals surface area contributed by atoms with E-state index in [0.717, 1.165) is 32.7 Å². The molecular formula is C15H30N2O. The van der Waals surface area contributed by atoms with Gasteiger partial charge in [-0.2, -0.15) is 0 Å². The number of nitrogens with zero attached hydrogens (tertiary/aromatic N) is 1. The van der Waals surface area contributed by atoms with Crippen molar-refractivity contribution in [2.45, 2.75) is 58.6 Å². The van der Waals surface area contributed by atoms with Gasteiger partial charge >= 0.3 is 0 Å². The fourth-order valence-corrected chi connectivity index (χ4v) is 4.29. The summed E-state index contributed by atoms with van der Waals surface area (Å²) in [4.78, 5) is 2.64. The summed E-state index contributed by atoms with van der Waals surface area (Å²) in [6.07, 6.45) is 4.03. The second-order valence-electron chi connectivity index (χ2n) is 7.10. The molecular weight excluding hydrogens is 224 g/mol. The molecule has 3 unspecified atom stereocenters. The molecule has 2 N–H and O–H groups in total. The zero-order valence-corrected chi connectivity index (χ0v) is 12.5. The monoisotopic (exact) mass is 254 g/mol. The number of rotatable bonds is 3. The van der Waals surface area contributed by atoms with Crippen molar-refractivity contribution in [3.63, 3.8) is 0 Å². The molecule has 2 rings (SSSR count). The summed E-state index contributed by atoms with van der Waals surface area (Å²) in [5.41, 5.74) is 6.85. The highest BCUT2D eigenvalue weighted by Crippen LogP contribution is 2.50. The van der Waals surface area contributed by atoms with Gasteiger partial charge in [-0.05, 0) is 30.6 Å². The molecule has 0 amide bonds. The van der Waals surface area contributed by atoms with Crippen LogP contribution in [-0.4, -0.2) is 42.8 Å². The predicted molar refractivity (Wildman–Crippen MR) is 75.6 cm³/mol. The zero-order valence-electron chi connectivity index (χ0n) is 12.5. The van der Waals surface area contributed by atoms with Gasteiger partial charge in [0.2, 0.25) is 0 Å². The average molecular weight is 254 g/mol. The van der Waals surface area contributed by atoms with Crippen LogP contribution < -0.4 is 5.73 Å². The van der Waals surface area contributed by atoms with Crippen LogP contribution in [-0.2, 0) is 4.74 Å². The van der Waals surface area contributed by atoms with Crippen molar-refractivity contribution < 1.29 is 4.74 Å². The van der Waals surface area contributed by atoms with Crippen LogP contribution in [0.1, 0.15) is 47.0 Å². The van der Waals surface area contributed by atoms with E-state index in [1.165, 1.54) is 12.8 Å². The van der Waals surface area contributed by atoms with Crippen LogP contribution in [0.25, 0.3) is 0 Å². The first-order chi connectivity index (χ1) is 8.43. The van der Waals surface area contributed by atoms with Gasteiger partial charge in [0.1, 0.15) is 0 Å². The molecule has 3 atom stereocenters. The molecule has 0 radical (unpaired) electrons. The van der Waals surface area contributed by atoms with E-state index in [1.54, 1.807) is 0 Å². The number of nitrogens with two attached hydrogens (primary N) is 1. The molecule has 0 bridgehead atoms. The van der Waals surface area contributed by atoms with Gasteiger partial charge in [-0.1, -0.05) is 27.7 Å². The predicted octanol–water partition coefficient (Wildman–Crippen LogP) is 2.25. The summed E-state index contributed by atoms with van der Waals surface area (Å²) in [6, 6.07) is 0. The van der Waals surface area contributed by atoms with E-state index in [1.807, 2.05) is 0 Å². The summed E-state index contributed by atoms with van der Waals surface area (Å²) in [7, 11) is 0. The van der Waals surface area contributed by atoms with E-state index in [-0.39, 0.29) is 5.54 Å². The van der Waals surface area contributed by atoms with Crippen LogP contribution in [0, 0.1) is 11.3 Å². The Kier molecular flexibility index (Phi) is 4.05. The Morgan fingerprint density at radius 2 is 2.11 bits per heavy atom. The van der Waals surface area contributed by atoms with E-state index < -0.39 is 0 Å². The smallest absolute Gasteiger partial charge is 0.0700 e. The van der Waals surface area contributed by atoms with Crippen molar-refractivity contribution in [2.75, 3.05) is 26.2 Å². The fraction of sp³-hybridized carbons (Fsp3) is 1.00. The molecule has 0 aromatic rings.